The summed E-state index contributed by atoms with van der Waals surface area (Å²) in [6.45, 7) is 6.81. The van der Waals surface area contributed by atoms with Crippen LogP contribution in [0.2, 0.25) is 19.6 Å². The Morgan fingerprint density at radius 3 is 2.19 bits per heavy atom. The van der Waals surface area contributed by atoms with E-state index in [4.69, 9.17) is 0 Å². The van der Waals surface area contributed by atoms with Gasteiger partial charge in [0.25, 0.3) is 0 Å². The van der Waals surface area contributed by atoms with E-state index in [-0.39, 0.29) is 0 Å². The predicted molar refractivity (Wildman–Crippen MR) is 71.2 cm³/mol. The van der Waals surface area contributed by atoms with E-state index >= 15 is 0 Å². The molecule has 0 radical (unpaired) electrons. The van der Waals surface area contributed by atoms with Gasteiger partial charge in [0.2, 0.25) is 0 Å². The molecule has 0 spiro atoms. The number of hydrogen-bond donors (Lipinski definition) is 0. The molecule has 0 N–H and O–H groups in total. The van der Waals surface area contributed by atoms with Crippen molar-refractivity contribution in [3.8, 4) is 0 Å². The van der Waals surface area contributed by atoms with Gasteiger partial charge in [-0.05, 0) is 36.5 Å². The standard InChI is InChI=1S/C14H22OSi/c1-16(2,3)14-10-12(9-13(14)15)11-7-5-4-6-8-11/h10H,4-9H2,1-3H3. The quantitative estimate of drug-likeness (QED) is 0.626. The van der Waals surface area contributed by atoms with Crippen LogP contribution in [0, 0.1) is 0 Å². The molecule has 2 aliphatic rings. The fraction of sp³-hybridized carbons (Fsp3) is 0.643. The van der Waals surface area contributed by atoms with Gasteiger partial charge in [-0.3, -0.25) is 4.79 Å². The second-order valence-corrected chi connectivity index (χ2v) is 11.1. The van der Waals surface area contributed by atoms with E-state index in [2.05, 4.69) is 25.7 Å². The number of allylic oxidation sites excluding steroid dienone is 4. The van der Waals surface area contributed by atoms with Crippen molar-refractivity contribution < 1.29 is 4.79 Å². The molecule has 1 saturated carbocycles. The van der Waals surface area contributed by atoms with Gasteiger partial charge >= 0.3 is 0 Å². The highest BCUT2D eigenvalue weighted by atomic mass is 28.3. The molecule has 0 bridgehead atoms. The summed E-state index contributed by atoms with van der Waals surface area (Å²) in [5.41, 5.74) is 2.95. The van der Waals surface area contributed by atoms with Gasteiger partial charge in [0.05, 0.1) is 8.07 Å². The lowest BCUT2D eigenvalue weighted by Gasteiger charge is -2.16. The minimum absolute atomic E-state index is 0.409. The first-order chi connectivity index (χ1) is 7.48. The summed E-state index contributed by atoms with van der Waals surface area (Å²) in [7, 11) is -1.42. The Morgan fingerprint density at radius 2 is 1.69 bits per heavy atom. The number of carbonyl (C=O) groups is 1. The van der Waals surface area contributed by atoms with Crippen molar-refractivity contribution in [2.75, 3.05) is 0 Å². The molecule has 0 amide bonds. The van der Waals surface area contributed by atoms with Gasteiger partial charge in [-0.25, -0.2) is 0 Å². The molecule has 2 heteroatoms. The first-order valence-electron chi connectivity index (χ1n) is 6.45. The molecule has 0 aromatic heterocycles. The maximum atomic E-state index is 12.0. The van der Waals surface area contributed by atoms with E-state index in [1.54, 1.807) is 5.57 Å². The summed E-state index contributed by atoms with van der Waals surface area (Å²) in [5, 5.41) is 1.17. The van der Waals surface area contributed by atoms with E-state index in [1.807, 2.05) is 0 Å². The van der Waals surface area contributed by atoms with Crippen molar-refractivity contribution in [3.05, 3.63) is 22.4 Å². The third-order valence-electron chi connectivity index (χ3n) is 3.69. The van der Waals surface area contributed by atoms with Crippen LogP contribution in [0.4, 0.5) is 0 Å². The molecule has 0 aromatic carbocycles. The van der Waals surface area contributed by atoms with Gasteiger partial charge in [-0.1, -0.05) is 37.7 Å². The lowest BCUT2D eigenvalue weighted by molar-refractivity contribution is -0.114. The molecule has 1 nitrogen and oxygen atoms in total. The topological polar surface area (TPSA) is 17.1 Å². The van der Waals surface area contributed by atoms with Crippen LogP contribution in [-0.4, -0.2) is 13.9 Å². The fourth-order valence-corrected chi connectivity index (χ4v) is 4.27. The lowest BCUT2D eigenvalue weighted by atomic mass is 9.91. The smallest absolute Gasteiger partial charge is 0.159 e. The minimum Gasteiger partial charge on any atom is -0.295 e. The zero-order chi connectivity index (χ0) is 11.8. The third-order valence-corrected chi connectivity index (χ3v) is 5.73. The first kappa shape index (κ1) is 11.8. The second-order valence-electron chi connectivity index (χ2n) is 6.10. The Kier molecular flexibility index (Phi) is 3.20. The second kappa shape index (κ2) is 4.32. The molecular formula is C14H22OSi. The maximum Gasteiger partial charge on any atom is 0.159 e. The van der Waals surface area contributed by atoms with Gasteiger partial charge in [0.15, 0.2) is 5.78 Å². The number of ketones is 1. The zero-order valence-corrected chi connectivity index (χ0v) is 11.7. The molecule has 2 aliphatic carbocycles. The van der Waals surface area contributed by atoms with Crippen LogP contribution < -0.4 is 0 Å². The average Bonchev–Trinajstić information content (AvgIpc) is 2.61. The predicted octanol–water partition coefficient (Wildman–Crippen LogP) is 4.02. The summed E-state index contributed by atoms with van der Waals surface area (Å²) in [6.07, 6.45) is 9.43. The zero-order valence-electron chi connectivity index (χ0n) is 10.7. The average molecular weight is 234 g/mol. The Labute approximate surface area is 99.6 Å². The summed E-state index contributed by atoms with van der Waals surface area (Å²) in [6, 6.07) is 0. The first-order valence-corrected chi connectivity index (χ1v) is 9.95. The van der Waals surface area contributed by atoms with Crippen LogP contribution in [0.5, 0.6) is 0 Å². The molecular weight excluding hydrogens is 212 g/mol. The molecule has 16 heavy (non-hydrogen) atoms. The van der Waals surface area contributed by atoms with Crippen LogP contribution in [0.15, 0.2) is 22.4 Å². The van der Waals surface area contributed by atoms with Crippen molar-refractivity contribution >= 4 is 13.9 Å². The Hall–Kier alpha value is -0.633. The van der Waals surface area contributed by atoms with Crippen molar-refractivity contribution in [3.63, 3.8) is 0 Å². The highest BCUT2D eigenvalue weighted by molar-refractivity contribution is 6.87. The van der Waals surface area contributed by atoms with E-state index in [0.29, 0.717) is 12.2 Å². The monoisotopic (exact) mass is 234 g/mol. The van der Waals surface area contributed by atoms with Gasteiger partial charge < -0.3 is 0 Å². The normalized spacial score (nSPS) is 22.7. The highest BCUT2D eigenvalue weighted by Gasteiger charge is 2.31. The van der Waals surface area contributed by atoms with Gasteiger partial charge in [-0.2, -0.15) is 0 Å². The molecule has 0 unspecified atom stereocenters. The fourth-order valence-electron chi connectivity index (χ4n) is 2.74. The van der Waals surface area contributed by atoms with Crippen molar-refractivity contribution in [2.45, 2.75) is 58.2 Å². The Balaban J connectivity index is 2.27. The van der Waals surface area contributed by atoms with Crippen LogP contribution in [-0.2, 0) is 4.79 Å². The summed E-state index contributed by atoms with van der Waals surface area (Å²) in [5.74, 6) is 0.409. The molecule has 0 aliphatic heterocycles. The Morgan fingerprint density at radius 1 is 1.06 bits per heavy atom. The summed E-state index contributed by atoms with van der Waals surface area (Å²) in [4.78, 5) is 12.0. The molecule has 1 fully saturated rings. The number of hydrogen-bond acceptors (Lipinski definition) is 1. The highest BCUT2D eigenvalue weighted by Crippen LogP contribution is 2.34. The molecule has 0 atom stereocenters. The van der Waals surface area contributed by atoms with Crippen molar-refractivity contribution in [1.29, 1.82) is 0 Å². The van der Waals surface area contributed by atoms with Crippen LogP contribution in [0.1, 0.15) is 38.5 Å². The van der Waals surface area contributed by atoms with Crippen molar-refractivity contribution in [1.82, 2.24) is 0 Å². The largest absolute Gasteiger partial charge is 0.295 e. The lowest BCUT2D eigenvalue weighted by Crippen LogP contribution is -2.27. The van der Waals surface area contributed by atoms with E-state index < -0.39 is 8.07 Å². The van der Waals surface area contributed by atoms with E-state index in [0.717, 1.165) is 0 Å². The summed E-state index contributed by atoms with van der Waals surface area (Å²) >= 11 is 0. The van der Waals surface area contributed by atoms with E-state index in [9.17, 15) is 4.79 Å². The van der Waals surface area contributed by atoms with Crippen molar-refractivity contribution in [2.24, 2.45) is 0 Å². The molecule has 0 aromatic rings. The van der Waals surface area contributed by atoms with Gasteiger partial charge in [0, 0.05) is 6.42 Å². The van der Waals surface area contributed by atoms with Gasteiger partial charge in [0.1, 0.15) is 0 Å². The molecule has 0 heterocycles. The minimum atomic E-state index is -1.42. The number of carbonyl (C=O) groups excluding carboxylic acids is 1. The van der Waals surface area contributed by atoms with Crippen LogP contribution >= 0.6 is 0 Å². The van der Waals surface area contributed by atoms with E-state index in [1.165, 1.54) is 42.9 Å². The Bertz CT molecular complexity index is 361. The number of rotatable bonds is 1. The third kappa shape index (κ3) is 2.37. The molecule has 0 saturated heterocycles. The summed E-state index contributed by atoms with van der Waals surface area (Å²) < 4.78 is 0. The maximum absolute atomic E-state index is 12.0. The molecule has 88 valence electrons. The molecule has 2 rings (SSSR count). The number of Topliss-reactive ketones (excluding diaryl/α,β-unsaturated/α-hetero) is 1. The van der Waals surface area contributed by atoms with Crippen LogP contribution in [0.3, 0.4) is 0 Å². The SMILES string of the molecule is C[Si](C)(C)C1=CC(=C2CCCCC2)CC1=O. The van der Waals surface area contributed by atoms with Gasteiger partial charge in [-0.15, -0.1) is 0 Å². The van der Waals surface area contributed by atoms with Crippen LogP contribution in [0.25, 0.3) is 0 Å².